The van der Waals surface area contributed by atoms with E-state index in [1.165, 1.54) is 29.5 Å². The van der Waals surface area contributed by atoms with Crippen LogP contribution in [-0.2, 0) is 22.6 Å². The number of rotatable bonds is 6. The van der Waals surface area contributed by atoms with Gasteiger partial charge in [-0.15, -0.1) is 0 Å². The molecule has 1 heterocycles. The van der Waals surface area contributed by atoms with Crippen molar-refractivity contribution in [3.05, 3.63) is 63.7 Å². The molecule has 2 aromatic rings. The smallest absolute Gasteiger partial charge is 0.333 e. The number of hydrogen-bond donors (Lipinski definition) is 2. The van der Waals surface area contributed by atoms with Gasteiger partial charge in [-0.2, -0.15) is 0 Å². The molecule has 0 aromatic heterocycles. The van der Waals surface area contributed by atoms with Crippen molar-refractivity contribution in [2.45, 2.75) is 44.8 Å². The number of anilines is 1. The molecule has 0 spiro atoms. The van der Waals surface area contributed by atoms with Crippen LogP contribution in [-0.4, -0.2) is 12.6 Å². The molecule has 2 aromatic carbocycles. The van der Waals surface area contributed by atoms with Gasteiger partial charge in [0.2, 0.25) is 0 Å². The van der Waals surface area contributed by atoms with Gasteiger partial charge in [-0.1, -0.05) is 23.7 Å². The SMILES string of the molecule is CCOC(=O)[C@H](Nc1ccc2c(c1)CNC2)c1cc(Cl)cc(C2CC2)c1. The van der Waals surface area contributed by atoms with Crippen LogP contribution in [0.4, 0.5) is 5.69 Å². The number of halogens is 1. The lowest BCUT2D eigenvalue weighted by Crippen LogP contribution is -2.23. The molecule has 26 heavy (non-hydrogen) atoms. The van der Waals surface area contributed by atoms with Gasteiger partial charge in [-0.25, -0.2) is 4.79 Å². The first-order chi connectivity index (χ1) is 12.6. The predicted molar refractivity (Wildman–Crippen MR) is 103 cm³/mol. The van der Waals surface area contributed by atoms with Gasteiger partial charge in [-0.3, -0.25) is 0 Å². The van der Waals surface area contributed by atoms with Crippen LogP contribution in [0.2, 0.25) is 5.02 Å². The van der Waals surface area contributed by atoms with E-state index in [1.54, 1.807) is 0 Å². The molecule has 1 aliphatic heterocycles. The number of nitrogens with one attached hydrogen (secondary N) is 2. The quantitative estimate of drug-likeness (QED) is 0.733. The van der Waals surface area contributed by atoms with E-state index < -0.39 is 6.04 Å². The lowest BCUT2D eigenvalue weighted by molar-refractivity contribution is -0.144. The number of fused-ring (bicyclic) bond motifs is 1. The minimum absolute atomic E-state index is 0.282. The minimum Gasteiger partial charge on any atom is -0.464 e. The zero-order valence-electron chi connectivity index (χ0n) is 14.8. The van der Waals surface area contributed by atoms with Crippen molar-refractivity contribution in [3.8, 4) is 0 Å². The second-order valence-corrected chi connectivity index (χ2v) is 7.45. The molecule has 0 radical (unpaired) electrons. The highest BCUT2D eigenvalue weighted by molar-refractivity contribution is 6.30. The molecule has 4 rings (SSSR count). The maximum atomic E-state index is 12.6. The van der Waals surface area contributed by atoms with Crippen molar-refractivity contribution in [1.29, 1.82) is 0 Å². The van der Waals surface area contributed by atoms with Gasteiger partial charge in [0.25, 0.3) is 0 Å². The Kier molecular flexibility index (Phi) is 4.88. The second-order valence-electron chi connectivity index (χ2n) is 7.01. The fraction of sp³-hybridized carbons (Fsp3) is 0.381. The fourth-order valence-electron chi connectivity index (χ4n) is 3.51. The zero-order valence-corrected chi connectivity index (χ0v) is 15.6. The normalized spacial score (nSPS) is 16.8. The van der Waals surface area contributed by atoms with Crippen molar-refractivity contribution < 1.29 is 9.53 Å². The van der Waals surface area contributed by atoms with Crippen LogP contribution in [0.5, 0.6) is 0 Å². The number of benzene rings is 2. The summed E-state index contributed by atoms with van der Waals surface area (Å²) in [5.74, 6) is 0.288. The highest BCUT2D eigenvalue weighted by Crippen LogP contribution is 2.42. The van der Waals surface area contributed by atoms with Crippen molar-refractivity contribution >= 4 is 23.3 Å². The Labute approximate surface area is 158 Å². The Hall–Kier alpha value is -2.04. The molecule has 1 atom stereocenters. The number of hydrogen-bond acceptors (Lipinski definition) is 4. The van der Waals surface area contributed by atoms with Crippen LogP contribution in [0, 0.1) is 0 Å². The summed E-state index contributed by atoms with van der Waals surface area (Å²) < 4.78 is 5.32. The summed E-state index contributed by atoms with van der Waals surface area (Å²) in [6.07, 6.45) is 2.38. The summed E-state index contributed by atoms with van der Waals surface area (Å²) in [6, 6.07) is 11.6. The Balaban J connectivity index is 1.65. The number of carbonyl (C=O) groups excluding carboxylic acids is 1. The highest BCUT2D eigenvalue weighted by Gasteiger charge is 2.28. The van der Waals surface area contributed by atoms with Gasteiger partial charge in [-0.05, 0) is 72.2 Å². The van der Waals surface area contributed by atoms with Crippen LogP contribution in [0.15, 0.2) is 36.4 Å². The largest absolute Gasteiger partial charge is 0.464 e. The Bertz CT molecular complexity index is 833. The molecule has 2 N–H and O–H groups in total. The summed E-state index contributed by atoms with van der Waals surface area (Å²) in [5.41, 5.74) is 5.56. The van der Waals surface area contributed by atoms with E-state index in [0.29, 0.717) is 17.5 Å². The van der Waals surface area contributed by atoms with Crippen LogP contribution in [0.1, 0.15) is 54.0 Å². The van der Waals surface area contributed by atoms with Gasteiger partial charge < -0.3 is 15.4 Å². The van der Waals surface area contributed by atoms with Gasteiger partial charge in [0.15, 0.2) is 6.04 Å². The molecular formula is C21H23ClN2O2. The lowest BCUT2D eigenvalue weighted by atomic mass is 10.0. The standard InChI is InChI=1S/C21H23ClN2O2/c1-2-26-21(25)20(16-7-15(13-3-4-13)8-18(22)9-16)24-19-6-5-14-11-23-12-17(14)10-19/h5-10,13,20,23-24H,2-4,11-12H2,1H3/t20-/m1/s1. The first-order valence-corrected chi connectivity index (χ1v) is 9.58. The molecule has 0 unspecified atom stereocenters. The van der Waals surface area contributed by atoms with Gasteiger partial charge in [0, 0.05) is 23.8 Å². The molecule has 0 bridgehead atoms. The van der Waals surface area contributed by atoms with E-state index in [1.807, 2.05) is 25.1 Å². The molecule has 0 saturated heterocycles. The maximum absolute atomic E-state index is 12.6. The Morgan fingerprint density at radius 1 is 1.23 bits per heavy atom. The summed E-state index contributed by atoms with van der Waals surface area (Å²) in [6.45, 7) is 3.93. The van der Waals surface area contributed by atoms with Crippen LogP contribution in [0.25, 0.3) is 0 Å². The minimum atomic E-state index is -0.571. The number of esters is 1. The predicted octanol–water partition coefficient (Wildman–Crippen LogP) is 4.54. The third-order valence-corrected chi connectivity index (χ3v) is 5.21. The van der Waals surface area contributed by atoms with Crippen LogP contribution in [0.3, 0.4) is 0 Å². The van der Waals surface area contributed by atoms with E-state index in [4.69, 9.17) is 16.3 Å². The third kappa shape index (κ3) is 3.71. The topological polar surface area (TPSA) is 50.4 Å². The zero-order chi connectivity index (χ0) is 18.1. The number of carbonyl (C=O) groups is 1. The van der Waals surface area contributed by atoms with Gasteiger partial charge >= 0.3 is 5.97 Å². The molecule has 4 nitrogen and oxygen atoms in total. The van der Waals surface area contributed by atoms with Gasteiger partial charge in [0.1, 0.15) is 0 Å². The molecule has 2 aliphatic rings. The van der Waals surface area contributed by atoms with E-state index in [-0.39, 0.29) is 5.97 Å². The second kappa shape index (κ2) is 7.29. The lowest BCUT2D eigenvalue weighted by Gasteiger charge is -2.20. The maximum Gasteiger partial charge on any atom is 0.333 e. The van der Waals surface area contributed by atoms with Crippen LogP contribution >= 0.6 is 11.6 Å². The molecule has 0 amide bonds. The first kappa shape index (κ1) is 17.4. The van der Waals surface area contributed by atoms with Crippen molar-refractivity contribution in [1.82, 2.24) is 5.32 Å². The summed E-state index contributed by atoms with van der Waals surface area (Å²) in [4.78, 5) is 12.6. The van der Waals surface area contributed by atoms with E-state index in [9.17, 15) is 4.79 Å². The molecule has 1 aliphatic carbocycles. The van der Waals surface area contributed by atoms with Crippen molar-refractivity contribution in [2.75, 3.05) is 11.9 Å². The Morgan fingerprint density at radius 2 is 2.04 bits per heavy atom. The monoisotopic (exact) mass is 370 g/mol. The first-order valence-electron chi connectivity index (χ1n) is 9.20. The highest BCUT2D eigenvalue weighted by atomic mass is 35.5. The molecule has 5 heteroatoms. The molecular weight excluding hydrogens is 348 g/mol. The van der Waals surface area contributed by atoms with E-state index >= 15 is 0 Å². The van der Waals surface area contributed by atoms with Crippen molar-refractivity contribution in [2.24, 2.45) is 0 Å². The average molecular weight is 371 g/mol. The fourth-order valence-corrected chi connectivity index (χ4v) is 3.76. The number of ether oxygens (including phenoxy) is 1. The average Bonchev–Trinajstić information content (AvgIpc) is 3.37. The van der Waals surface area contributed by atoms with Crippen LogP contribution < -0.4 is 10.6 Å². The van der Waals surface area contributed by atoms with E-state index in [2.05, 4.69) is 28.8 Å². The molecule has 1 saturated carbocycles. The molecule has 136 valence electrons. The summed E-state index contributed by atoms with van der Waals surface area (Å²) in [5, 5.41) is 7.37. The third-order valence-electron chi connectivity index (χ3n) is 5.00. The Morgan fingerprint density at radius 3 is 2.81 bits per heavy atom. The van der Waals surface area contributed by atoms with E-state index in [0.717, 1.165) is 24.3 Å². The summed E-state index contributed by atoms with van der Waals surface area (Å²) in [7, 11) is 0. The van der Waals surface area contributed by atoms with Gasteiger partial charge in [0.05, 0.1) is 6.61 Å². The van der Waals surface area contributed by atoms with Crippen molar-refractivity contribution in [3.63, 3.8) is 0 Å². The summed E-state index contributed by atoms with van der Waals surface area (Å²) >= 11 is 6.34. The molecule has 1 fully saturated rings.